The number of likely N-dealkylation sites (tertiary alicyclic amines) is 1. The highest BCUT2D eigenvalue weighted by Gasteiger charge is 2.38. The predicted molar refractivity (Wildman–Crippen MR) is 106 cm³/mol. The summed E-state index contributed by atoms with van der Waals surface area (Å²) in [5.41, 5.74) is 0.247. The molecular formula is C21H30N2O6. The summed E-state index contributed by atoms with van der Waals surface area (Å²) < 4.78 is 5.34. The number of aliphatic hydroxyl groups excluding tert-OH is 1. The van der Waals surface area contributed by atoms with Crippen molar-refractivity contribution in [3.05, 3.63) is 35.9 Å². The molecule has 1 aliphatic heterocycles. The van der Waals surface area contributed by atoms with Crippen molar-refractivity contribution in [2.24, 2.45) is 11.8 Å². The number of piperidine rings is 1. The molecule has 8 nitrogen and oxygen atoms in total. The van der Waals surface area contributed by atoms with E-state index in [1.165, 1.54) is 4.90 Å². The van der Waals surface area contributed by atoms with Crippen molar-refractivity contribution in [2.45, 2.75) is 45.3 Å². The molecule has 0 aliphatic carbocycles. The second-order valence-electron chi connectivity index (χ2n) is 8.43. The van der Waals surface area contributed by atoms with Gasteiger partial charge in [-0.05, 0) is 39.2 Å². The Balaban J connectivity index is 2.06. The Labute approximate surface area is 170 Å². The van der Waals surface area contributed by atoms with Gasteiger partial charge >= 0.3 is 12.1 Å². The van der Waals surface area contributed by atoms with Crippen LogP contribution in [0.15, 0.2) is 30.3 Å². The zero-order valence-corrected chi connectivity index (χ0v) is 17.1. The van der Waals surface area contributed by atoms with Gasteiger partial charge in [-0.1, -0.05) is 30.3 Å². The first-order valence-electron chi connectivity index (χ1n) is 9.75. The second-order valence-corrected chi connectivity index (χ2v) is 8.43. The molecule has 3 N–H and O–H groups in total. The highest BCUT2D eigenvalue weighted by Crippen LogP contribution is 2.24. The highest BCUT2D eigenvalue weighted by atomic mass is 16.6. The third kappa shape index (κ3) is 7.05. The normalized spacial score (nSPS) is 20.6. The van der Waals surface area contributed by atoms with Crippen molar-refractivity contribution < 1.29 is 29.3 Å². The molecule has 1 heterocycles. The molecule has 1 aromatic carbocycles. The maximum atomic E-state index is 12.8. The van der Waals surface area contributed by atoms with Gasteiger partial charge in [-0.25, -0.2) is 4.79 Å². The van der Waals surface area contributed by atoms with Crippen LogP contribution in [0.3, 0.4) is 0 Å². The number of nitrogens with zero attached hydrogens (tertiary/aromatic N) is 1. The minimum atomic E-state index is -1.06. The van der Waals surface area contributed by atoms with Gasteiger partial charge in [0.25, 0.3) is 0 Å². The van der Waals surface area contributed by atoms with E-state index in [-0.39, 0.29) is 32.0 Å². The molecule has 1 aromatic rings. The minimum absolute atomic E-state index is 0.00146. The van der Waals surface area contributed by atoms with E-state index in [2.05, 4.69) is 5.32 Å². The Hall–Kier alpha value is -2.61. The SMILES string of the molecule is CC(C)(C)OC(=O)N1C[C@H](C(=O)O)C[C@H](C(=O)NC(CO)Cc2ccccc2)C1. The van der Waals surface area contributed by atoms with Gasteiger partial charge in [0.1, 0.15) is 5.60 Å². The van der Waals surface area contributed by atoms with Crippen LogP contribution >= 0.6 is 0 Å². The van der Waals surface area contributed by atoms with E-state index >= 15 is 0 Å². The number of carboxylic acid groups (broad SMARTS) is 1. The number of hydrogen-bond acceptors (Lipinski definition) is 5. The number of amides is 2. The van der Waals surface area contributed by atoms with Crippen molar-refractivity contribution in [3.63, 3.8) is 0 Å². The Kier molecular flexibility index (Phi) is 7.61. The lowest BCUT2D eigenvalue weighted by Crippen LogP contribution is -2.53. The van der Waals surface area contributed by atoms with Gasteiger partial charge in [0.2, 0.25) is 5.91 Å². The molecule has 2 amide bonds. The molecule has 0 bridgehead atoms. The minimum Gasteiger partial charge on any atom is -0.481 e. The highest BCUT2D eigenvalue weighted by molar-refractivity contribution is 5.82. The maximum absolute atomic E-state index is 12.8. The lowest BCUT2D eigenvalue weighted by atomic mass is 9.88. The number of rotatable bonds is 6. The number of ether oxygens (including phenoxy) is 1. The number of carbonyl (C=O) groups is 3. The Morgan fingerprint density at radius 1 is 1.17 bits per heavy atom. The van der Waals surface area contributed by atoms with Crippen LogP contribution in [0.1, 0.15) is 32.8 Å². The molecule has 0 aromatic heterocycles. The fourth-order valence-electron chi connectivity index (χ4n) is 3.32. The van der Waals surface area contributed by atoms with Gasteiger partial charge in [0, 0.05) is 13.1 Å². The lowest BCUT2D eigenvalue weighted by molar-refractivity contribution is -0.145. The fourth-order valence-corrected chi connectivity index (χ4v) is 3.32. The molecule has 0 spiro atoms. The van der Waals surface area contributed by atoms with Gasteiger partial charge in [0.15, 0.2) is 0 Å². The zero-order valence-electron chi connectivity index (χ0n) is 17.1. The molecular weight excluding hydrogens is 376 g/mol. The summed E-state index contributed by atoms with van der Waals surface area (Å²) in [5.74, 6) is -2.98. The number of aliphatic carboxylic acids is 1. The Morgan fingerprint density at radius 2 is 1.79 bits per heavy atom. The van der Waals surface area contributed by atoms with Crippen LogP contribution in [0.2, 0.25) is 0 Å². The van der Waals surface area contributed by atoms with Gasteiger partial charge in [-0.3, -0.25) is 9.59 Å². The molecule has 1 saturated heterocycles. The smallest absolute Gasteiger partial charge is 0.410 e. The number of aliphatic hydroxyl groups is 1. The molecule has 29 heavy (non-hydrogen) atoms. The van der Waals surface area contributed by atoms with Crippen molar-refractivity contribution >= 4 is 18.0 Å². The average Bonchev–Trinajstić information content (AvgIpc) is 2.66. The molecule has 1 unspecified atom stereocenters. The third-order valence-corrected chi connectivity index (χ3v) is 4.71. The van der Waals surface area contributed by atoms with Crippen LogP contribution in [0, 0.1) is 11.8 Å². The first-order valence-corrected chi connectivity index (χ1v) is 9.75. The molecule has 2 rings (SSSR count). The molecule has 8 heteroatoms. The second kappa shape index (κ2) is 9.73. The lowest BCUT2D eigenvalue weighted by Gasteiger charge is -2.36. The van der Waals surface area contributed by atoms with Crippen LogP contribution in [0.25, 0.3) is 0 Å². The molecule has 3 atom stereocenters. The van der Waals surface area contributed by atoms with E-state index in [4.69, 9.17) is 4.74 Å². The largest absolute Gasteiger partial charge is 0.481 e. The van der Waals surface area contributed by atoms with E-state index in [0.29, 0.717) is 6.42 Å². The third-order valence-electron chi connectivity index (χ3n) is 4.71. The van der Waals surface area contributed by atoms with Gasteiger partial charge in [-0.2, -0.15) is 0 Å². The molecule has 1 aliphatic rings. The monoisotopic (exact) mass is 406 g/mol. The quantitative estimate of drug-likeness (QED) is 0.662. The summed E-state index contributed by atoms with van der Waals surface area (Å²) in [6.45, 7) is 5.01. The summed E-state index contributed by atoms with van der Waals surface area (Å²) in [7, 11) is 0. The average molecular weight is 406 g/mol. The first-order chi connectivity index (χ1) is 13.6. The van der Waals surface area contributed by atoms with Crippen LogP contribution in [-0.4, -0.2) is 64.4 Å². The van der Waals surface area contributed by atoms with Crippen molar-refractivity contribution in [3.8, 4) is 0 Å². The summed E-state index contributed by atoms with van der Waals surface area (Å²) in [5, 5.41) is 21.9. The molecule has 160 valence electrons. The summed E-state index contributed by atoms with van der Waals surface area (Å²) in [6, 6.07) is 8.95. The summed E-state index contributed by atoms with van der Waals surface area (Å²) in [4.78, 5) is 38.0. The van der Waals surface area contributed by atoms with E-state index in [1.54, 1.807) is 20.8 Å². The molecule has 1 fully saturated rings. The van der Waals surface area contributed by atoms with Gasteiger partial charge < -0.3 is 25.2 Å². The standard InChI is InChI=1S/C21H30N2O6/c1-21(2,3)29-20(28)23-11-15(10-16(12-23)19(26)27)18(25)22-17(13-24)9-14-7-5-4-6-8-14/h4-8,15-17,24H,9-13H2,1-3H3,(H,22,25)(H,26,27)/t15-,16+,17?/m0/s1. The first kappa shape index (κ1) is 22.7. The summed E-state index contributed by atoms with van der Waals surface area (Å²) in [6.07, 6.45) is -0.0537. The van der Waals surface area contributed by atoms with Gasteiger partial charge in [-0.15, -0.1) is 0 Å². The van der Waals surface area contributed by atoms with Crippen molar-refractivity contribution in [1.29, 1.82) is 0 Å². The fraction of sp³-hybridized carbons (Fsp3) is 0.571. The predicted octanol–water partition coefficient (Wildman–Crippen LogP) is 1.66. The van der Waals surface area contributed by atoms with E-state index in [0.717, 1.165) is 5.56 Å². The van der Waals surface area contributed by atoms with Crippen LogP contribution < -0.4 is 5.32 Å². The van der Waals surface area contributed by atoms with Crippen molar-refractivity contribution in [2.75, 3.05) is 19.7 Å². The van der Waals surface area contributed by atoms with E-state index in [9.17, 15) is 24.6 Å². The number of carbonyl (C=O) groups excluding carboxylic acids is 2. The number of benzene rings is 1. The number of nitrogens with one attached hydrogen (secondary N) is 1. The zero-order chi connectivity index (χ0) is 21.6. The number of hydrogen-bond donors (Lipinski definition) is 3. The molecule has 0 radical (unpaired) electrons. The Morgan fingerprint density at radius 3 is 2.34 bits per heavy atom. The van der Waals surface area contributed by atoms with E-state index < -0.39 is 35.5 Å². The van der Waals surface area contributed by atoms with Crippen LogP contribution in [0.5, 0.6) is 0 Å². The Bertz CT molecular complexity index is 716. The number of carboxylic acids is 1. The summed E-state index contributed by atoms with van der Waals surface area (Å²) >= 11 is 0. The maximum Gasteiger partial charge on any atom is 0.410 e. The van der Waals surface area contributed by atoms with Gasteiger partial charge in [0.05, 0.1) is 24.5 Å². The topological polar surface area (TPSA) is 116 Å². The van der Waals surface area contributed by atoms with Crippen LogP contribution in [-0.2, 0) is 20.7 Å². The molecule has 0 saturated carbocycles. The van der Waals surface area contributed by atoms with E-state index in [1.807, 2.05) is 30.3 Å². The van der Waals surface area contributed by atoms with Crippen LogP contribution in [0.4, 0.5) is 4.79 Å². The van der Waals surface area contributed by atoms with Crippen molar-refractivity contribution in [1.82, 2.24) is 10.2 Å².